The molecule has 4 nitrogen and oxygen atoms in total. The van der Waals surface area contributed by atoms with Gasteiger partial charge in [0.15, 0.2) is 11.6 Å². The van der Waals surface area contributed by atoms with E-state index in [0.717, 1.165) is 18.0 Å². The first-order valence-electron chi connectivity index (χ1n) is 5.47. The SMILES string of the molecule is CO.COc1c(F)c(C)c2c(ccn2C)c1CO. The average Bonchev–Trinajstić information content (AvgIpc) is 2.78. The second-order valence-electron chi connectivity index (χ2n) is 3.80. The van der Waals surface area contributed by atoms with E-state index in [0.29, 0.717) is 11.1 Å². The van der Waals surface area contributed by atoms with Gasteiger partial charge in [-0.1, -0.05) is 0 Å². The topological polar surface area (TPSA) is 54.6 Å². The van der Waals surface area contributed by atoms with Crippen LogP contribution in [0.3, 0.4) is 0 Å². The van der Waals surface area contributed by atoms with E-state index in [-0.39, 0.29) is 12.4 Å². The third kappa shape index (κ3) is 2.07. The minimum atomic E-state index is -0.402. The Morgan fingerprint density at radius 1 is 1.39 bits per heavy atom. The lowest BCUT2D eigenvalue weighted by Gasteiger charge is -2.12. The molecule has 2 aromatic rings. The van der Waals surface area contributed by atoms with Crippen molar-refractivity contribution in [1.29, 1.82) is 0 Å². The summed E-state index contributed by atoms with van der Waals surface area (Å²) in [6.45, 7) is 1.47. The molecule has 0 saturated heterocycles. The van der Waals surface area contributed by atoms with Crippen LogP contribution in [0, 0.1) is 12.7 Å². The fourth-order valence-corrected chi connectivity index (χ4v) is 2.14. The van der Waals surface area contributed by atoms with Gasteiger partial charge in [-0.2, -0.15) is 0 Å². The Bertz CT molecular complexity index is 549. The van der Waals surface area contributed by atoms with Gasteiger partial charge in [-0.15, -0.1) is 0 Å². The molecule has 0 amide bonds. The molecule has 2 N–H and O–H groups in total. The quantitative estimate of drug-likeness (QED) is 0.859. The van der Waals surface area contributed by atoms with Gasteiger partial charge in [0, 0.05) is 36.9 Å². The van der Waals surface area contributed by atoms with Gasteiger partial charge in [0.25, 0.3) is 0 Å². The zero-order valence-electron chi connectivity index (χ0n) is 11.0. The van der Waals surface area contributed by atoms with Crippen molar-refractivity contribution in [3.8, 4) is 5.75 Å². The number of rotatable bonds is 2. The average molecular weight is 255 g/mol. The number of hydrogen-bond acceptors (Lipinski definition) is 3. The zero-order valence-corrected chi connectivity index (χ0v) is 11.0. The number of aliphatic hydroxyl groups is 2. The molecule has 0 unspecified atom stereocenters. The summed E-state index contributed by atoms with van der Waals surface area (Å²) in [5, 5.41) is 17.2. The smallest absolute Gasteiger partial charge is 0.170 e. The molecule has 0 spiro atoms. The first-order chi connectivity index (χ1) is 8.61. The Morgan fingerprint density at radius 2 is 2.00 bits per heavy atom. The lowest BCUT2D eigenvalue weighted by atomic mass is 10.0. The van der Waals surface area contributed by atoms with Crippen LogP contribution in [0.2, 0.25) is 0 Å². The number of aryl methyl sites for hydroxylation is 2. The Kier molecular flexibility index (Phi) is 4.69. The van der Waals surface area contributed by atoms with Gasteiger partial charge in [-0.25, -0.2) is 4.39 Å². The van der Waals surface area contributed by atoms with Crippen LogP contribution in [0.15, 0.2) is 12.3 Å². The predicted octanol–water partition coefficient (Wildman–Crippen LogP) is 1.74. The minimum absolute atomic E-state index is 0.138. The lowest BCUT2D eigenvalue weighted by Crippen LogP contribution is -2.01. The number of halogens is 1. The fraction of sp³-hybridized carbons (Fsp3) is 0.385. The number of aromatic nitrogens is 1. The molecule has 18 heavy (non-hydrogen) atoms. The second-order valence-corrected chi connectivity index (χ2v) is 3.80. The fourth-order valence-electron chi connectivity index (χ4n) is 2.14. The van der Waals surface area contributed by atoms with E-state index >= 15 is 0 Å². The van der Waals surface area contributed by atoms with Gasteiger partial charge in [0.2, 0.25) is 0 Å². The monoisotopic (exact) mass is 255 g/mol. The number of methoxy groups -OCH3 is 1. The van der Waals surface area contributed by atoms with Crippen molar-refractivity contribution in [2.75, 3.05) is 14.2 Å². The maximum Gasteiger partial charge on any atom is 0.170 e. The molecule has 1 aromatic carbocycles. The lowest BCUT2D eigenvalue weighted by molar-refractivity contribution is 0.272. The molecule has 1 heterocycles. The summed E-state index contributed by atoms with van der Waals surface area (Å²) in [6.07, 6.45) is 1.84. The highest BCUT2D eigenvalue weighted by molar-refractivity contribution is 5.89. The summed E-state index contributed by atoms with van der Waals surface area (Å²) < 4.78 is 20.8. The van der Waals surface area contributed by atoms with E-state index in [4.69, 9.17) is 9.84 Å². The minimum Gasteiger partial charge on any atom is -0.493 e. The van der Waals surface area contributed by atoms with Crippen LogP contribution in [0.5, 0.6) is 5.75 Å². The Hall–Kier alpha value is -1.59. The van der Waals surface area contributed by atoms with Crippen LogP contribution in [0.4, 0.5) is 4.39 Å². The highest BCUT2D eigenvalue weighted by Gasteiger charge is 2.19. The first kappa shape index (κ1) is 14.5. The van der Waals surface area contributed by atoms with Crippen molar-refractivity contribution in [2.45, 2.75) is 13.5 Å². The second kappa shape index (κ2) is 5.84. The summed E-state index contributed by atoms with van der Waals surface area (Å²) in [4.78, 5) is 0. The highest BCUT2D eigenvalue weighted by atomic mass is 19.1. The van der Waals surface area contributed by atoms with Crippen molar-refractivity contribution in [3.63, 3.8) is 0 Å². The van der Waals surface area contributed by atoms with E-state index in [1.54, 1.807) is 6.92 Å². The maximum absolute atomic E-state index is 14.0. The Labute approximate surface area is 105 Å². The summed E-state index contributed by atoms with van der Waals surface area (Å²) >= 11 is 0. The molecule has 0 fully saturated rings. The maximum atomic E-state index is 14.0. The van der Waals surface area contributed by atoms with Crippen LogP contribution in [-0.4, -0.2) is 29.0 Å². The van der Waals surface area contributed by atoms with Crippen molar-refractivity contribution >= 4 is 10.9 Å². The molecule has 0 aliphatic rings. The predicted molar refractivity (Wildman–Crippen MR) is 68.2 cm³/mol. The summed E-state index contributed by atoms with van der Waals surface area (Å²) in [7, 11) is 4.26. The summed E-state index contributed by atoms with van der Waals surface area (Å²) in [5.41, 5.74) is 1.83. The molecule has 0 bridgehead atoms. The van der Waals surface area contributed by atoms with Gasteiger partial charge in [-0.3, -0.25) is 0 Å². The third-order valence-electron chi connectivity index (χ3n) is 2.92. The molecule has 5 heteroatoms. The van der Waals surface area contributed by atoms with E-state index in [9.17, 15) is 9.50 Å². The standard InChI is InChI=1S/C12H14FNO2.CH4O/c1-7-10(13)12(16-3)9(6-15)8-4-5-14(2)11(7)8;1-2/h4-5,15H,6H2,1-3H3;2H,1H3. The normalized spacial score (nSPS) is 10.2. The number of aliphatic hydroxyl groups excluding tert-OH is 2. The van der Waals surface area contributed by atoms with E-state index in [1.165, 1.54) is 7.11 Å². The summed E-state index contributed by atoms with van der Waals surface area (Å²) in [6, 6.07) is 1.86. The van der Waals surface area contributed by atoms with Crippen molar-refractivity contribution < 1.29 is 19.3 Å². The molecule has 100 valence electrons. The summed E-state index contributed by atoms with van der Waals surface area (Å²) in [5.74, 6) is -0.264. The van der Waals surface area contributed by atoms with E-state index in [1.807, 2.05) is 23.9 Å². The van der Waals surface area contributed by atoms with Gasteiger partial charge >= 0.3 is 0 Å². The molecule has 0 saturated carbocycles. The zero-order chi connectivity index (χ0) is 13.9. The van der Waals surface area contributed by atoms with Crippen molar-refractivity contribution in [2.24, 2.45) is 7.05 Å². The number of ether oxygens (including phenoxy) is 1. The van der Waals surface area contributed by atoms with Crippen LogP contribution < -0.4 is 4.74 Å². The molecule has 0 aliphatic heterocycles. The molecular weight excluding hydrogens is 237 g/mol. The number of fused-ring (bicyclic) bond motifs is 1. The van der Waals surface area contributed by atoms with E-state index < -0.39 is 5.82 Å². The molecule has 0 atom stereocenters. The number of nitrogens with zero attached hydrogens (tertiary/aromatic N) is 1. The highest BCUT2D eigenvalue weighted by Crippen LogP contribution is 2.34. The van der Waals surface area contributed by atoms with Crippen LogP contribution >= 0.6 is 0 Å². The van der Waals surface area contributed by atoms with Crippen molar-refractivity contribution in [1.82, 2.24) is 4.57 Å². The van der Waals surface area contributed by atoms with Gasteiger partial charge in [-0.05, 0) is 13.0 Å². The first-order valence-corrected chi connectivity index (χ1v) is 5.47. The van der Waals surface area contributed by atoms with Gasteiger partial charge in [0.05, 0.1) is 19.2 Å². The van der Waals surface area contributed by atoms with Crippen LogP contribution in [0.25, 0.3) is 10.9 Å². The third-order valence-corrected chi connectivity index (χ3v) is 2.92. The number of benzene rings is 1. The molecule has 0 aliphatic carbocycles. The Balaban J connectivity index is 0.000000771. The van der Waals surface area contributed by atoms with Gasteiger partial charge < -0.3 is 19.5 Å². The Morgan fingerprint density at radius 3 is 2.50 bits per heavy atom. The van der Waals surface area contributed by atoms with Crippen LogP contribution in [-0.2, 0) is 13.7 Å². The number of hydrogen-bond donors (Lipinski definition) is 2. The van der Waals surface area contributed by atoms with Gasteiger partial charge in [0.1, 0.15) is 0 Å². The van der Waals surface area contributed by atoms with E-state index in [2.05, 4.69) is 0 Å². The van der Waals surface area contributed by atoms with Crippen molar-refractivity contribution in [3.05, 3.63) is 29.2 Å². The molecular formula is C13H18FNO3. The largest absolute Gasteiger partial charge is 0.493 e. The van der Waals surface area contributed by atoms with Crippen LogP contribution in [0.1, 0.15) is 11.1 Å². The molecule has 1 aromatic heterocycles. The molecule has 2 rings (SSSR count). The molecule has 0 radical (unpaired) electrons.